The van der Waals surface area contributed by atoms with Gasteiger partial charge in [0, 0.05) is 17.7 Å². The normalized spacial score (nSPS) is 11.4. The molecule has 0 saturated heterocycles. The third-order valence-electron chi connectivity index (χ3n) is 3.44. The summed E-state index contributed by atoms with van der Waals surface area (Å²) >= 11 is 6.25. The number of aromatic nitrogens is 2. The molecule has 0 unspecified atom stereocenters. The number of halogens is 1. The molecule has 1 aromatic heterocycles. The van der Waals surface area contributed by atoms with Crippen LogP contribution in [0.4, 0.5) is 5.69 Å². The van der Waals surface area contributed by atoms with Crippen LogP contribution >= 0.6 is 11.6 Å². The topological polar surface area (TPSA) is 91.3 Å². The molecule has 0 fully saturated rings. The molecule has 0 spiro atoms. The predicted octanol–water partition coefficient (Wildman–Crippen LogP) is 4.78. The van der Waals surface area contributed by atoms with E-state index in [-0.39, 0.29) is 22.5 Å². The van der Waals surface area contributed by atoms with Gasteiger partial charge in [-0.15, -0.1) is 10.2 Å². The summed E-state index contributed by atoms with van der Waals surface area (Å²) < 4.78 is 10.9. The lowest BCUT2D eigenvalue weighted by Gasteiger charge is -2.02. The molecule has 132 valence electrons. The zero-order chi connectivity index (χ0) is 18.5. The third-order valence-corrected chi connectivity index (χ3v) is 3.71. The van der Waals surface area contributed by atoms with E-state index < -0.39 is 4.92 Å². The molecular weight excluding hydrogens is 358 g/mol. The zero-order valence-electron chi connectivity index (χ0n) is 13.8. The molecule has 0 aliphatic heterocycles. The maximum absolute atomic E-state index is 10.7. The minimum absolute atomic E-state index is 0.0121. The van der Waals surface area contributed by atoms with Crippen LogP contribution < -0.4 is 4.74 Å². The summed E-state index contributed by atoms with van der Waals surface area (Å²) in [5, 5.41) is 18.8. The van der Waals surface area contributed by atoms with Gasteiger partial charge in [0.25, 0.3) is 11.6 Å². The van der Waals surface area contributed by atoms with Crippen molar-refractivity contribution in [3.8, 4) is 17.2 Å². The van der Waals surface area contributed by atoms with Crippen LogP contribution in [0, 0.1) is 10.1 Å². The second-order valence-electron chi connectivity index (χ2n) is 5.21. The number of nitrogens with zero attached hydrogens (tertiary/aromatic N) is 3. The number of rotatable bonds is 6. The lowest BCUT2D eigenvalue weighted by atomic mass is 10.2. The number of nitro benzene ring substituents is 1. The Morgan fingerprint density at radius 3 is 2.50 bits per heavy atom. The summed E-state index contributed by atoms with van der Waals surface area (Å²) in [5.41, 5.74) is 1.41. The fourth-order valence-corrected chi connectivity index (χ4v) is 2.40. The highest BCUT2D eigenvalue weighted by atomic mass is 35.5. The molecule has 3 aromatic rings. The molecule has 0 N–H and O–H groups in total. The van der Waals surface area contributed by atoms with Crippen molar-refractivity contribution < 1.29 is 14.1 Å². The van der Waals surface area contributed by atoms with Crippen molar-refractivity contribution in [3.05, 3.63) is 70.1 Å². The second kappa shape index (κ2) is 7.79. The maximum atomic E-state index is 10.7. The molecule has 0 saturated carbocycles. The van der Waals surface area contributed by atoms with Crippen molar-refractivity contribution in [2.45, 2.75) is 6.92 Å². The molecule has 0 amide bonds. The third kappa shape index (κ3) is 4.07. The first-order valence-electron chi connectivity index (χ1n) is 7.75. The Hall–Kier alpha value is -3.19. The van der Waals surface area contributed by atoms with Gasteiger partial charge in [-0.25, -0.2) is 0 Å². The van der Waals surface area contributed by atoms with Gasteiger partial charge in [0.2, 0.25) is 5.89 Å². The van der Waals surface area contributed by atoms with E-state index in [1.165, 1.54) is 12.1 Å². The SMILES string of the molecule is CCOc1ccc(/C=C(\Cl)c2nnc(-c3ccc([N+](=O)[O-])cc3)o2)cc1. The van der Waals surface area contributed by atoms with Gasteiger partial charge < -0.3 is 9.15 Å². The highest BCUT2D eigenvalue weighted by Crippen LogP contribution is 2.26. The minimum atomic E-state index is -0.473. The smallest absolute Gasteiger partial charge is 0.269 e. The second-order valence-corrected chi connectivity index (χ2v) is 5.62. The zero-order valence-corrected chi connectivity index (χ0v) is 14.5. The number of benzene rings is 2. The molecule has 2 aromatic carbocycles. The van der Waals surface area contributed by atoms with E-state index >= 15 is 0 Å². The molecule has 1 heterocycles. The van der Waals surface area contributed by atoms with E-state index in [4.69, 9.17) is 20.8 Å². The Balaban J connectivity index is 1.78. The van der Waals surface area contributed by atoms with Gasteiger partial charge in [-0.1, -0.05) is 23.7 Å². The molecule has 8 heteroatoms. The summed E-state index contributed by atoms with van der Waals surface area (Å²) in [7, 11) is 0. The van der Waals surface area contributed by atoms with Crippen molar-refractivity contribution in [1.82, 2.24) is 10.2 Å². The summed E-state index contributed by atoms with van der Waals surface area (Å²) in [6, 6.07) is 13.2. The molecule has 0 aliphatic rings. The standard InChI is InChI=1S/C18H14ClN3O4/c1-2-25-15-9-3-12(4-10-15)11-16(19)18-21-20-17(26-18)13-5-7-14(8-6-13)22(23)24/h3-11H,2H2,1H3/b16-11-. The van der Waals surface area contributed by atoms with Gasteiger partial charge in [0.05, 0.1) is 11.5 Å². The first-order valence-corrected chi connectivity index (χ1v) is 8.13. The lowest BCUT2D eigenvalue weighted by Crippen LogP contribution is -1.90. The molecular formula is C18H14ClN3O4. The largest absolute Gasteiger partial charge is 0.494 e. The molecule has 7 nitrogen and oxygen atoms in total. The maximum Gasteiger partial charge on any atom is 0.269 e. The Kier molecular flexibility index (Phi) is 5.28. The Morgan fingerprint density at radius 2 is 1.88 bits per heavy atom. The Labute approximate surface area is 154 Å². The van der Waals surface area contributed by atoms with Gasteiger partial charge in [0.1, 0.15) is 10.8 Å². The van der Waals surface area contributed by atoms with Gasteiger partial charge >= 0.3 is 0 Å². The van der Waals surface area contributed by atoms with Crippen molar-refractivity contribution in [1.29, 1.82) is 0 Å². The molecule has 3 rings (SSSR count). The fraction of sp³-hybridized carbons (Fsp3) is 0.111. The van der Waals surface area contributed by atoms with E-state index in [0.29, 0.717) is 12.2 Å². The summed E-state index contributed by atoms with van der Waals surface area (Å²) in [6.45, 7) is 2.52. The molecule has 0 bridgehead atoms. The molecule has 0 aliphatic carbocycles. The van der Waals surface area contributed by atoms with Gasteiger partial charge in [-0.05, 0) is 42.8 Å². The Morgan fingerprint density at radius 1 is 1.19 bits per heavy atom. The number of ether oxygens (including phenoxy) is 1. The van der Waals surface area contributed by atoms with Crippen molar-refractivity contribution in [2.24, 2.45) is 0 Å². The van der Waals surface area contributed by atoms with Crippen LogP contribution in [-0.2, 0) is 0 Å². The van der Waals surface area contributed by atoms with Crippen LogP contribution in [0.3, 0.4) is 0 Å². The predicted molar refractivity (Wildman–Crippen MR) is 97.7 cm³/mol. The monoisotopic (exact) mass is 371 g/mol. The van der Waals surface area contributed by atoms with Crippen molar-refractivity contribution in [2.75, 3.05) is 6.61 Å². The van der Waals surface area contributed by atoms with Crippen LogP contribution in [0.25, 0.3) is 22.6 Å². The quantitative estimate of drug-likeness (QED) is 0.457. The van der Waals surface area contributed by atoms with Crippen LogP contribution in [0.2, 0.25) is 0 Å². The Bertz CT molecular complexity index is 934. The van der Waals surface area contributed by atoms with E-state index in [9.17, 15) is 10.1 Å². The lowest BCUT2D eigenvalue weighted by molar-refractivity contribution is -0.384. The number of hydrogen-bond acceptors (Lipinski definition) is 6. The summed E-state index contributed by atoms with van der Waals surface area (Å²) in [6.07, 6.45) is 1.70. The van der Waals surface area contributed by atoms with Gasteiger partial charge in [0.15, 0.2) is 0 Å². The first kappa shape index (κ1) is 17.6. The van der Waals surface area contributed by atoms with E-state index in [2.05, 4.69) is 10.2 Å². The molecule has 0 atom stereocenters. The first-order chi connectivity index (χ1) is 12.6. The molecule has 0 radical (unpaired) electrons. The van der Waals surface area contributed by atoms with E-state index in [0.717, 1.165) is 11.3 Å². The highest BCUT2D eigenvalue weighted by Gasteiger charge is 2.13. The molecule has 26 heavy (non-hydrogen) atoms. The van der Waals surface area contributed by atoms with Gasteiger partial charge in [-0.3, -0.25) is 10.1 Å². The van der Waals surface area contributed by atoms with E-state index in [1.54, 1.807) is 18.2 Å². The average molecular weight is 372 g/mol. The number of non-ortho nitro benzene ring substituents is 1. The van der Waals surface area contributed by atoms with Crippen LogP contribution in [0.15, 0.2) is 52.9 Å². The minimum Gasteiger partial charge on any atom is -0.494 e. The van der Waals surface area contributed by atoms with Crippen molar-refractivity contribution >= 4 is 28.4 Å². The summed E-state index contributed by atoms with van der Waals surface area (Å²) in [4.78, 5) is 10.2. The van der Waals surface area contributed by atoms with Crippen molar-refractivity contribution in [3.63, 3.8) is 0 Å². The summed E-state index contributed by atoms with van der Waals surface area (Å²) in [5.74, 6) is 1.17. The number of hydrogen-bond donors (Lipinski definition) is 0. The number of nitro groups is 1. The van der Waals surface area contributed by atoms with Crippen LogP contribution in [-0.4, -0.2) is 21.7 Å². The fourth-order valence-electron chi connectivity index (χ4n) is 2.20. The van der Waals surface area contributed by atoms with Gasteiger partial charge in [-0.2, -0.15) is 0 Å². The average Bonchev–Trinajstić information content (AvgIpc) is 3.14. The van der Waals surface area contributed by atoms with E-state index in [1.807, 2.05) is 31.2 Å². The highest BCUT2D eigenvalue weighted by molar-refractivity contribution is 6.50. The van der Waals surface area contributed by atoms with Crippen LogP contribution in [0.5, 0.6) is 5.75 Å². The van der Waals surface area contributed by atoms with Crippen LogP contribution in [0.1, 0.15) is 18.4 Å².